The van der Waals surface area contributed by atoms with Crippen molar-refractivity contribution in [3.05, 3.63) is 0 Å². The lowest BCUT2D eigenvalue weighted by molar-refractivity contribution is -0.870. The summed E-state index contributed by atoms with van der Waals surface area (Å²) in [6, 6.07) is 0. The molecule has 8 nitrogen and oxygen atoms in total. The molecule has 0 aliphatic carbocycles. The minimum atomic E-state index is -3.93. The minimum absolute atomic E-state index is 0.105. The Morgan fingerprint density at radius 3 is 2.30 bits per heavy atom. The van der Waals surface area contributed by atoms with E-state index in [1.54, 1.807) is 0 Å². The number of ketones is 1. The molecule has 0 aliphatic rings. The molecule has 0 rings (SSSR count). The van der Waals surface area contributed by atoms with Crippen molar-refractivity contribution in [3.8, 4) is 0 Å². The molecule has 0 aromatic rings. The Balaban J connectivity index is 4.44. The summed E-state index contributed by atoms with van der Waals surface area (Å²) in [4.78, 5) is 10.9. The van der Waals surface area contributed by atoms with Gasteiger partial charge in [0.1, 0.15) is 25.9 Å². The first-order valence-corrected chi connectivity index (χ1v) is 7.66. The molecule has 0 amide bonds. The Labute approximate surface area is 119 Å². The predicted octanol–water partition coefficient (Wildman–Crippen LogP) is -0.207. The number of phosphoric acid groups is 1. The molecule has 0 aromatic heterocycles. The third-order valence-corrected chi connectivity index (χ3v) is 3.48. The maximum absolute atomic E-state index is 12.2. The Morgan fingerprint density at radius 1 is 1.25 bits per heavy atom. The number of aliphatic hydroxyl groups excluding tert-OH is 2. The van der Waals surface area contributed by atoms with Crippen LogP contribution in [0.15, 0.2) is 0 Å². The highest BCUT2D eigenvalue weighted by Gasteiger charge is 2.29. The summed E-state index contributed by atoms with van der Waals surface area (Å²) in [5.74, 6) is -0.327. The van der Waals surface area contributed by atoms with Crippen LogP contribution in [0.4, 0.5) is 0 Å². The SMILES string of the molecule is CC(=O)COP(=O)(OCC[N+](C)(C)C)OCC(O)CO. The summed E-state index contributed by atoms with van der Waals surface area (Å²) < 4.78 is 27.6. The van der Waals surface area contributed by atoms with E-state index in [0.29, 0.717) is 11.0 Å². The molecule has 120 valence electrons. The van der Waals surface area contributed by atoms with Gasteiger partial charge in [-0.3, -0.25) is 18.4 Å². The maximum atomic E-state index is 12.2. The van der Waals surface area contributed by atoms with Crippen molar-refractivity contribution in [2.24, 2.45) is 0 Å². The van der Waals surface area contributed by atoms with Crippen LogP contribution in [0.2, 0.25) is 0 Å². The van der Waals surface area contributed by atoms with Crippen molar-refractivity contribution < 1.29 is 37.6 Å². The zero-order valence-electron chi connectivity index (χ0n) is 12.4. The molecule has 0 radical (unpaired) electrons. The first kappa shape index (κ1) is 19.7. The van der Waals surface area contributed by atoms with Gasteiger partial charge in [-0.05, 0) is 6.92 Å². The van der Waals surface area contributed by atoms with Crippen molar-refractivity contribution in [1.82, 2.24) is 0 Å². The van der Waals surface area contributed by atoms with E-state index in [0.717, 1.165) is 0 Å². The molecule has 0 spiro atoms. The Kier molecular flexibility index (Phi) is 8.69. The van der Waals surface area contributed by atoms with Gasteiger partial charge >= 0.3 is 7.82 Å². The van der Waals surface area contributed by atoms with E-state index in [-0.39, 0.29) is 12.4 Å². The van der Waals surface area contributed by atoms with E-state index in [4.69, 9.17) is 18.7 Å². The second-order valence-electron chi connectivity index (χ2n) is 5.40. The van der Waals surface area contributed by atoms with Crippen LogP contribution in [0.5, 0.6) is 0 Å². The Hall–Kier alpha value is -0.340. The lowest BCUT2D eigenvalue weighted by atomic mass is 10.4. The van der Waals surface area contributed by atoms with Gasteiger partial charge < -0.3 is 14.7 Å². The highest BCUT2D eigenvalue weighted by Crippen LogP contribution is 2.49. The molecule has 0 saturated carbocycles. The van der Waals surface area contributed by atoms with Gasteiger partial charge in [0.2, 0.25) is 0 Å². The number of aliphatic hydroxyl groups is 2. The average Bonchev–Trinajstić information content (AvgIpc) is 2.32. The summed E-state index contributed by atoms with van der Waals surface area (Å²) in [5, 5.41) is 17.9. The quantitative estimate of drug-likeness (QED) is 0.402. The summed E-state index contributed by atoms with van der Waals surface area (Å²) in [6.45, 7) is 0.588. The van der Waals surface area contributed by atoms with Crippen LogP contribution in [0.25, 0.3) is 0 Å². The van der Waals surface area contributed by atoms with Gasteiger partial charge in [-0.15, -0.1) is 0 Å². The molecule has 20 heavy (non-hydrogen) atoms. The van der Waals surface area contributed by atoms with Gasteiger partial charge in [0, 0.05) is 0 Å². The molecular weight excluding hydrogens is 289 g/mol. The molecule has 0 saturated heterocycles. The molecule has 0 aromatic carbocycles. The number of Topliss-reactive ketones (excluding diaryl/α,β-unsaturated/α-hetero) is 1. The molecule has 9 heteroatoms. The number of hydrogen-bond donors (Lipinski definition) is 2. The minimum Gasteiger partial charge on any atom is -0.394 e. The standard InChI is InChI=1S/C11H25NO7P/c1-10(14)8-18-20(16,19-9-11(15)7-13)17-6-5-12(2,3)4/h11,13,15H,5-9H2,1-4H3/q+1. The third kappa shape index (κ3) is 10.4. The van der Waals surface area contributed by atoms with E-state index in [2.05, 4.69) is 0 Å². The van der Waals surface area contributed by atoms with E-state index < -0.39 is 33.7 Å². The number of carbonyl (C=O) groups is 1. The van der Waals surface area contributed by atoms with Crippen molar-refractivity contribution >= 4 is 13.6 Å². The normalized spacial score (nSPS) is 16.7. The van der Waals surface area contributed by atoms with Gasteiger partial charge in [0.25, 0.3) is 0 Å². The fourth-order valence-electron chi connectivity index (χ4n) is 0.938. The van der Waals surface area contributed by atoms with E-state index in [1.807, 2.05) is 21.1 Å². The number of likely N-dealkylation sites (N-methyl/N-ethyl adjacent to an activating group) is 1. The van der Waals surface area contributed by atoms with Crippen LogP contribution < -0.4 is 0 Å². The molecule has 0 heterocycles. The third-order valence-electron chi connectivity index (χ3n) is 2.07. The smallest absolute Gasteiger partial charge is 0.394 e. The maximum Gasteiger partial charge on any atom is 0.475 e. The van der Waals surface area contributed by atoms with Crippen LogP contribution in [-0.4, -0.2) is 80.7 Å². The average molecular weight is 314 g/mol. The van der Waals surface area contributed by atoms with Crippen LogP contribution in [0.1, 0.15) is 6.92 Å². The van der Waals surface area contributed by atoms with Crippen LogP contribution in [-0.2, 0) is 22.9 Å². The highest BCUT2D eigenvalue weighted by molar-refractivity contribution is 7.48. The summed E-state index contributed by atoms with van der Waals surface area (Å²) in [7, 11) is 1.87. The Morgan fingerprint density at radius 2 is 1.85 bits per heavy atom. The van der Waals surface area contributed by atoms with Crippen LogP contribution in [0, 0.1) is 0 Å². The van der Waals surface area contributed by atoms with Crippen molar-refractivity contribution in [2.75, 3.05) is 54.1 Å². The van der Waals surface area contributed by atoms with E-state index in [1.165, 1.54) is 6.92 Å². The molecule has 2 atom stereocenters. The summed E-state index contributed by atoms with van der Waals surface area (Å²) >= 11 is 0. The van der Waals surface area contributed by atoms with Crippen molar-refractivity contribution in [2.45, 2.75) is 13.0 Å². The molecule has 2 unspecified atom stereocenters. The largest absolute Gasteiger partial charge is 0.475 e. The first-order valence-electron chi connectivity index (χ1n) is 6.20. The predicted molar refractivity (Wildman–Crippen MR) is 72.1 cm³/mol. The van der Waals surface area contributed by atoms with Crippen molar-refractivity contribution in [3.63, 3.8) is 0 Å². The lowest BCUT2D eigenvalue weighted by Gasteiger charge is -2.25. The van der Waals surface area contributed by atoms with E-state index >= 15 is 0 Å². The molecule has 0 fully saturated rings. The molecule has 0 aliphatic heterocycles. The number of rotatable bonds is 11. The number of hydrogen-bond acceptors (Lipinski definition) is 7. The highest BCUT2D eigenvalue weighted by atomic mass is 31.2. The van der Waals surface area contributed by atoms with Gasteiger partial charge in [-0.25, -0.2) is 4.57 Å². The summed E-state index contributed by atoms with van der Waals surface area (Å²) in [5.41, 5.74) is 0. The van der Waals surface area contributed by atoms with E-state index in [9.17, 15) is 14.5 Å². The zero-order chi connectivity index (χ0) is 15.8. The van der Waals surface area contributed by atoms with Crippen LogP contribution in [0.3, 0.4) is 0 Å². The second-order valence-corrected chi connectivity index (χ2v) is 7.07. The fraction of sp³-hybridized carbons (Fsp3) is 0.909. The number of nitrogens with zero attached hydrogens (tertiary/aromatic N) is 1. The molecular formula is C11H25NO7P+. The lowest BCUT2D eigenvalue weighted by Crippen LogP contribution is -2.37. The molecule has 0 bridgehead atoms. The van der Waals surface area contributed by atoms with Gasteiger partial charge in [-0.2, -0.15) is 0 Å². The van der Waals surface area contributed by atoms with Crippen molar-refractivity contribution in [1.29, 1.82) is 0 Å². The number of phosphoric ester groups is 1. The topological polar surface area (TPSA) is 102 Å². The van der Waals surface area contributed by atoms with Gasteiger partial charge in [0.15, 0.2) is 5.78 Å². The fourth-order valence-corrected chi connectivity index (χ4v) is 2.16. The van der Waals surface area contributed by atoms with Gasteiger partial charge in [0.05, 0.1) is 34.4 Å². The monoisotopic (exact) mass is 314 g/mol. The first-order chi connectivity index (χ1) is 9.08. The van der Waals surface area contributed by atoms with Crippen LogP contribution >= 0.6 is 7.82 Å². The van der Waals surface area contributed by atoms with Gasteiger partial charge in [-0.1, -0.05) is 0 Å². The number of quaternary nitrogens is 1. The second kappa shape index (κ2) is 8.84. The Bertz CT molecular complexity index is 342. The summed E-state index contributed by atoms with van der Waals surface area (Å²) in [6.07, 6.45) is -1.19. The number of carbonyl (C=O) groups excluding carboxylic acids is 1. The molecule has 2 N–H and O–H groups in total. The zero-order valence-corrected chi connectivity index (χ0v) is 13.3.